The molecule has 0 spiro atoms. The molecule has 0 aliphatic carbocycles. The van der Waals surface area contributed by atoms with Gasteiger partial charge in [-0.25, -0.2) is 0 Å². The van der Waals surface area contributed by atoms with Crippen LogP contribution in [0.1, 0.15) is 42.5 Å². The number of pyridine rings is 1. The van der Waals surface area contributed by atoms with Gasteiger partial charge in [-0.15, -0.1) is 0 Å². The summed E-state index contributed by atoms with van der Waals surface area (Å²) in [6.45, 7) is 2.95. The maximum absolute atomic E-state index is 12.8. The van der Waals surface area contributed by atoms with Crippen molar-refractivity contribution in [1.82, 2.24) is 9.47 Å². The van der Waals surface area contributed by atoms with Gasteiger partial charge in [0, 0.05) is 30.9 Å². The van der Waals surface area contributed by atoms with Crippen LogP contribution in [0.3, 0.4) is 0 Å². The first-order valence-corrected chi connectivity index (χ1v) is 8.37. The van der Waals surface area contributed by atoms with Crippen LogP contribution in [-0.2, 0) is 6.54 Å². The number of rotatable bonds is 4. The Morgan fingerprint density at radius 2 is 2.17 bits per heavy atom. The second kappa shape index (κ2) is 7.05. The SMILES string of the molecule is CC(N)C1CCCCN1C(=O)c1ccc(Cn2ccccc2=O)o1. The maximum Gasteiger partial charge on any atom is 0.289 e. The number of hydrogen-bond donors (Lipinski definition) is 1. The standard InChI is InChI=1S/C18H23N3O3/c1-13(19)15-6-2-5-11-21(15)18(23)16-9-8-14(24-16)12-20-10-4-3-7-17(20)22/h3-4,7-10,13,15H,2,5-6,11-12,19H2,1H3. The molecular weight excluding hydrogens is 306 g/mol. The number of furan rings is 1. The number of nitrogens with two attached hydrogens (primary N) is 1. The molecule has 6 heteroatoms. The summed E-state index contributed by atoms with van der Waals surface area (Å²) in [5, 5.41) is 0. The minimum Gasteiger partial charge on any atom is -0.454 e. The van der Waals surface area contributed by atoms with Gasteiger partial charge in [0.05, 0.1) is 6.54 Å². The number of nitrogens with zero attached hydrogens (tertiary/aromatic N) is 2. The molecule has 24 heavy (non-hydrogen) atoms. The highest BCUT2D eigenvalue weighted by molar-refractivity contribution is 5.91. The van der Waals surface area contributed by atoms with E-state index in [2.05, 4.69) is 0 Å². The molecule has 0 saturated carbocycles. The molecule has 2 N–H and O–H groups in total. The molecule has 0 bridgehead atoms. The van der Waals surface area contributed by atoms with E-state index in [1.165, 1.54) is 6.07 Å². The lowest BCUT2D eigenvalue weighted by Gasteiger charge is -2.37. The minimum atomic E-state index is -0.122. The van der Waals surface area contributed by atoms with Crippen molar-refractivity contribution in [2.45, 2.75) is 44.8 Å². The molecule has 1 saturated heterocycles. The summed E-state index contributed by atoms with van der Waals surface area (Å²) >= 11 is 0. The summed E-state index contributed by atoms with van der Waals surface area (Å²) in [6.07, 6.45) is 4.71. The largest absolute Gasteiger partial charge is 0.454 e. The van der Waals surface area contributed by atoms with E-state index in [1.54, 1.807) is 35.0 Å². The van der Waals surface area contributed by atoms with Gasteiger partial charge in [0.25, 0.3) is 11.5 Å². The van der Waals surface area contributed by atoms with E-state index >= 15 is 0 Å². The van der Waals surface area contributed by atoms with Gasteiger partial charge in [-0.3, -0.25) is 9.59 Å². The predicted molar refractivity (Wildman–Crippen MR) is 90.8 cm³/mol. The fourth-order valence-corrected chi connectivity index (χ4v) is 3.23. The van der Waals surface area contributed by atoms with Gasteiger partial charge < -0.3 is 19.6 Å². The Bertz CT molecular complexity index is 763. The summed E-state index contributed by atoms with van der Waals surface area (Å²) in [6, 6.07) is 8.40. The van der Waals surface area contributed by atoms with Crippen LogP contribution in [0.15, 0.2) is 45.7 Å². The van der Waals surface area contributed by atoms with Crippen LogP contribution in [0.25, 0.3) is 0 Å². The zero-order valence-electron chi connectivity index (χ0n) is 13.9. The van der Waals surface area contributed by atoms with Gasteiger partial charge in [-0.1, -0.05) is 6.07 Å². The van der Waals surface area contributed by atoms with E-state index in [0.717, 1.165) is 19.3 Å². The first-order chi connectivity index (χ1) is 11.6. The van der Waals surface area contributed by atoms with Crippen LogP contribution < -0.4 is 11.3 Å². The summed E-state index contributed by atoms with van der Waals surface area (Å²) in [7, 11) is 0. The van der Waals surface area contributed by atoms with Crippen LogP contribution in [0.5, 0.6) is 0 Å². The van der Waals surface area contributed by atoms with Gasteiger partial charge in [-0.2, -0.15) is 0 Å². The highest BCUT2D eigenvalue weighted by atomic mass is 16.4. The Kier molecular flexibility index (Phi) is 4.85. The Labute approximate surface area is 140 Å². The van der Waals surface area contributed by atoms with Crippen LogP contribution in [-0.4, -0.2) is 34.0 Å². The van der Waals surface area contributed by atoms with E-state index in [-0.39, 0.29) is 23.6 Å². The molecule has 2 atom stereocenters. The Morgan fingerprint density at radius 1 is 1.33 bits per heavy atom. The summed E-state index contributed by atoms with van der Waals surface area (Å²) in [5.74, 6) is 0.770. The van der Waals surface area contributed by atoms with E-state index in [4.69, 9.17) is 10.2 Å². The molecule has 1 fully saturated rings. The van der Waals surface area contributed by atoms with Crippen molar-refractivity contribution >= 4 is 5.91 Å². The molecule has 6 nitrogen and oxygen atoms in total. The highest BCUT2D eigenvalue weighted by Crippen LogP contribution is 2.22. The van der Waals surface area contributed by atoms with Crippen LogP contribution in [0.4, 0.5) is 0 Å². The molecule has 1 aliphatic rings. The molecule has 1 amide bonds. The molecule has 1 aliphatic heterocycles. The molecule has 0 radical (unpaired) electrons. The molecular formula is C18H23N3O3. The smallest absolute Gasteiger partial charge is 0.289 e. The van der Waals surface area contributed by atoms with Gasteiger partial charge in [0.1, 0.15) is 5.76 Å². The monoisotopic (exact) mass is 329 g/mol. The van der Waals surface area contributed by atoms with Gasteiger partial charge in [0.2, 0.25) is 0 Å². The fourth-order valence-electron chi connectivity index (χ4n) is 3.23. The topological polar surface area (TPSA) is 81.5 Å². The zero-order valence-corrected chi connectivity index (χ0v) is 13.9. The minimum absolute atomic E-state index is 0.0524. The third kappa shape index (κ3) is 3.43. The van der Waals surface area contributed by atoms with Crippen molar-refractivity contribution in [2.75, 3.05) is 6.54 Å². The lowest BCUT2D eigenvalue weighted by molar-refractivity contribution is 0.0549. The van der Waals surface area contributed by atoms with Crippen LogP contribution in [0.2, 0.25) is 0 Å². The summed E-state index contributed by atoms with van der Waals surface area (Å²) < 4.78 is 7.23. The number of piperidine rings is 1. The quantitative estimate of drug-likeness (QED) is 0.928. The lowest BCUT2D eigenvalue weighted by atomic mass is 9.96. The number of hydrogen-bond acceptors (Lipinski definition) is 4. The van der Waals surface area contributed by atoms with Gasteiger partial charge in [0.15, 0.2) is 5.76 Å². The summed E-state index contributed by atoms with van der Waals surface area (Å²) in [4.78, 5) is 26.3. The second-order valence-electron chi connectivity index (χ2n) is 6.35. The average Bonchev–Trinajstić information content (AvgIpc) is 3.05. The molecule has 3 rings (SSSR count). The third-order valence-corrected chi connectivity index (χ3v) is 4.51. The van der Waals surface area contributed by atoms with Crippen LogP contribution >= 0.6 is 0 Å². The first kappa shape index (κ1) is 16.5. The molecule has 2 aromatic rings. The molecule has 2 aromatic heterocycles. The Hall–Kier alpha value is -2.34. The number of aromatic nitrogens is 1. The second-order valence-corrected chi connectivity index (χ2v) is 6.35. The molecule has 2 unspecified atom stereocenters. The Balaban J connectivity index is 1.76. The van der Waals surface area contributed by atoms with Gasteiger partial charge >= 0.3 is 0 Å². The van der Waals surface area contributed by atoms with Crippen molar-refractivity contribution < 1.29 is 9.21 Å². The zero-order chi connectivity index (χ0) is 17.1. The predicted octanol–water partition coefficient (Wildman–Crippen LogP) is 1.83. The average molecular weight is 329 g/mol. The van der Waals surface area contributed by atoms with Crippen molar-refractivity contribution in [2.24, 2.45) is 5.73 Å². The van der Waals surface area contributed by atoms with Gasteiger partial charge in [-0.05, 0) is 44.4 Å². The van der Waals surface area contributed by atoms with Crippen molar-refractivity contribution in [3.8, 4) is 0 Å². The number of carbonyl (C=O) groups excluding carboxylic acids is 1. The lowest BCUT2D eigenvalue weighted by Crippen LogP contribution is -2.51. The first-order valence-electron chi connectivity index (χ1n) is 8.37. The summed E-state index contributed by atoms with van der Waals surface area (Å²) in [5.41, 5.74) is 5.93. The van der Waals surface area contributed by atoms with Crippen molar-refractivity contribution in [3.63, 3.8) is 0 Å². The van der Waals surface area contributed by atoms with E-state index in [9.17, 15) is 9.59 Å². The van der Waals surface area contributed by atoms with Crippen molar-refractivity contribution in [3.05, 3.63) is 58.4 Å². The number of amides is 1. The highest BCUT2D eigenvalue weighted by Gasteiger charge is 2.31. The third-order valence-electron chi connectivity index (χ3n) is 4.51. The van der Waals surface area contributed by atoms with E-state index in [0.29, 0.717) is 24.6 Å². The fraction of sp³-hybridized carbons (Fsp3) is 0.444. The van der Waals surface area contributed by atoms with E-state index < -0.39 is 0 Å². The normalized spacial score (nSPS) is 19.2. The van der Waals surface area contributed by atoms with E-state index in [1.807, 2.05) is 11.8 Å². The van der Waals surface area contributed by atoms with Crippen LogP contribution in [0, 0.1) is 0 Å². The molecule has 0 aromatic carbocycles. The number of likely N-dealkylation sites (tertiary alicyclic amines) is 1. The molecule has 3 heterocycles. The molecule has 128 valence electrons. The maximum atomic E-state index is 12.8. The van der Waals surface area contributed by atoms with Crippen molar-refractivity contribution in [1.29, 1.82) is 0 Å². The number of carbonyl (C=O) groups is 1. The Morgan fingerprint density at radius 3 is 2.92 bits per heavy atom.